The molecule has 0 bridgehead atoms. The second kappa shape index (κ2) is 22.8. The number of carboxylic acids is 1. The summed E-state index contributed by atoms with van der Waals surface area (Å²) in [5, 5.41) is 20.3. The van der Waals surface area contributed by atoms with Crippen molar-refractivity contribution in [2.24, 2.45) is 5.92 Å². The number of amides is 5. The number of aryl methyl sites for hydroxylation is 1. The molecule has 5 amide bonds. The maximum absolute atomic E-state index is 14.0. The van der Waals surface area contributed by atoms with Crippen LogP contribution in [-0.2, 0) is 35.1 Å². The minimum atomic E-state index is -1.23. The van der Waals surface area contributed by atoms with Crippen molar-refractivity contribution >= 4 is 41.7 Å². The van der Waals surface area contributed by atoms with Crippen molar-refractivity contribution in [2.45, 2.75) is 143 Å². The highest BCUT2D eigenvalue weighted by Crippen LogP contribution is 2.25. The molecule has 0 saturated carbocycles. The van der Waals surface area contributed by atoms with Crippen LogP contribution in [0.15, 0.2) is 48.5 Å². The van der Waals surface area contributed by atoms with Gasteiger partial charge in [-0.15, -0.1) is 0 Å². The van der Waals surface area contributed by atoms with Crippen LogP contribution in [0.5, 0.6) is 0 Å². The Labute approximate surface area is 354 Å². The lowest BCUT2D eigenvalue weighted by Crippen LogP contribution is -2.61. The molecule has 1 aliphatic heterocycles. The minimum Gasteiger partial charge on any atom is -0.480 e. The first-order valence-electron chi connectivity index (χ1n) is 21.0. The summed E-state index contributed by atoms with van der Waals surface area (Å²) in [4.78, 5) is 91.5. The van der Waals surface area contributed by atoms with Crippen molar-refractivity contribution in [1.29, 1.82) is 0 Å². The fraction of sp³-hybridized carbons (Fsp3) is 0.578. The standard InChI is InChI=1S/C45H65N5O10/c1-9-10-13-30-15-17-31(18-16-30)32-19-21-33(22-20-32)39(53)48-34(23-26-47-43(58)60-45(6,7)8)40(54)50-27-24-36(50)37(51)28-29(2)38(52)49-35(41(55)56)14-11-12-25-46-42(57)59-44(3,4)5/h15-22,29,34-36H,9-14,23-28H2,1-8H3,(H,46,57)(H,47,58)(H,48,53)(H,49,52)(H,55,56)/t29-,34+,35+,36?/m1/s1. The van der Waals surface area contributed by atoms with E-state index in [1.54, 1.807) is 53.7 Å². The van der Waals surface area contributed by atoms with Crippen LogP contribution in [0.2, 0.25) is 0 Å². The summed E-state index contributed by atoms with van der Waals surface area (Å²) in [6.07, 6.45) is 3.08. The second-order valence-electron chi connectivity index (χ2n) is 17.4. The predicted octanol–water partition coefficient (Wildman–Crippen LogP) is 6.17. The predicted molar refractivity (Wildman–Crippen MR) is 227 cm³/mol. The minimum absolute atomic E-state index is 0.00650. The number of Topliss-reactive ketones (excluding diaryl/α,β-unsaturated/α-hetero) is 1. The Hall–Kier alpha value is -5.47. The number of carboxylic acid groups (broad SMARTS) is 1. The summed E-state index contributed by atoms with van der Waals surface area (Å²) in [5.41, 5.74) is 2.13. The van der Waals surface area contributed by atoms with Gasteiger partial charge in [0.2, 0.25) is 11.8 Å². The summed E-state index contributed by atoms with van der Waals surface area (Å²) in [6, 6.07) is 12.2. The molecular weight excluding hydrogens is 771 g/mol. The lowest BCUT2D eigenvalue weighted by atomic mass is 9.90. The highest BCUT2D eigenvalue weighted by atomic mass is 16.6. The third kappa shape index (κ3) is 16.6. The van der Waals surface area contributed by atoms with E-state index < -0.39 is 71.1 Å². The number of likely N-dealkylation sites (tertiary alicyclic amines) is 1. The molecule has 0 aliphatic carbocycles. The molecular formula is C45H65N5O10. The molecule has 1 saturated heterocycles. The molecule has 1 unspecified atom stereocenters. The van der Waals surface area contributed by atoms with Gasteiger partial charge in [0, 0.05) is 37.5 Å². The van der Waals surface area contributed by atoms with Gasteiger partial charge in [-0.2, -0.15) is 0 Å². The summed E-state index contributed by atoms with van der Waals surface area (Å²) in [7, 11) is 0. The SMILES string of the molecule is CCCCc1ccc(-c2ccc(C(=O)N[C@@H](CCNC(=O)OC(C)(C)C)C(=O)N3CCC3C(=O)C[C@@H](C)C(=O)N[C@@H](CCCCNC(=O)OC(C)(C)C)C(=O)O)cc2)cc1. The summed E-state index contributed by atoms with van der Waals surface area (Å²) in [5.74, 6) is -4.12. The molecule has 15 heteroatoms. The van der Waals surface area contributed by atoms with Crippen molar-refractivity contribution in [1.82, 2.24) is 26.2 Å². The normalized spacial score (nSPS) is 15.3. The number of alkyl carbamates (subject to hydrolysis) is 2. The van der Waals surface area contributed by atoms with Crippen molar-refractivity contribution in [3.63, 3.8) is 0 Å². The number of hydrogen-bond donors (Lipinski definition) is 5. The number of aliphatic carboxylic acids is 1. The van der Waals surface area contributed by atoms with Crippen LogP contribution in [0.4, 0.5) is 9.59 Å². The van der Waals surface area contributed by atoms with Crippen molar-refractivity contribution in [3.05, 3.63) is 59.7 Å². The summed E-state index contributed by atoms with van der Waals surface area (Å²) < 4.78 is 10.5. The van der Waals surface area contributed by atoms with Gasteiger partial charge in [-0.25, -0.2) is 14.4 Å². The average molecular weight is 836 g/mol. The van der Waals surface area contributed by atoms with Crippen LogP contribution < -0.4 is 21.3 Å². The number of benzene rings is 2. The van der Waals surface area contributed by atoms with Gasteiger partial charge in [0.05, 0.1) is 6.04 Å². The van der Waals surface area contributed by atoms with Gasteiger partial charge < -0.3 is 40.7 Å². The van der Waals surface area contributed by atoms with Gasteiger partial charge >= 0.3 is 18.2 Å². The van der Waals surface area contributed by atoms with Crippen LogP contribution >= 0.6 is 0 Å². The Morgan fingerprint density at radius 3 is 1.83 bits per heavy atom. The molecule has 15 nitrogen and oxygen atoms in total. The Morgan fingerprint density at radius 1 is 0.750 bits per heavy atom. The van der Waals surface area contributed by atoms with Gasteiger partial charge in [-0.1, -0.05) is 56.7 Å². The highest BCUT2D eigenvalue weighted by Gasteiger charge is 2.41. The molecule has 5 N–H and O–H groups in total. The molecule has 60 heavy (non-hydrogen) atoms. The van der Waals surface area contributed by atoms with Crippen LogP contribution in [0.25, 0.3) is 11.1 Å². The van der Waals surface area contributed by atoms with E-state index in [4.69, 9.17) is 9.47 Å². The van der Waals surface area contributed by atoms with Crippen molar-refractivity contribution in [2.75, 3.05) is 19.6 Å². The lowest BCUT2D eigenvalue weighted by Gasteiger charge is -2.42. The molecule has 330 valence electrons. The van der Waals surface area contributed by atoms with Crippen LogP contribution in [0, 0.1) is 5.92 Å². The number of nitrogens with one attached hydrogen (secondary N) is 4. The van der Waals surface area contributed by atoms with E-state index >= 15 is 0 Å². The smallest absolute Gasteiger partial charge is 0.407 e. The molecule has 4 atom stereocenters. The van der Waals surface area contributed by atoms with E-state index in [0.29, 0.717) is 24.8 Å². The molecule has 0 radical (unpaired) electrons. The fourth-order valence-corrected chi connectivity index (χ4v) is 6.46. The number of unbranched alkanes of at least 4 members (excludes halogenated alkanes) is 2. The van der Waals surface area contributed by atoms with E-state index in [-0.39, 0.29) is 44.7 Å². The maximum Gasteiger partial charge on any atom is 0.407 e. The summed E-state index contributed by atoms with van der Waals surface area (Å²) >= 11 is 0. The van der Waals surface area contributed by atoms with Crippen molar-refractivity contribution < 1.29 is 48.1 Å². The quantitative estimate of drug-likeness (QED) is 0.0904. The number of rotatable bonds is 21. The molecule has 2 aromatic carbocycles. The zero-order valence-corrected chi connectivity index (χ0v) is 36.5. The number of ketones is 1. The number of ether oxygens (including phenoxy) is 2. The summed E-state index contributed by atoms with van der Waals surface area (Å²) in [6.45, 7) is 14.6. The van der Waals surface area contributed by atoms with Gasteiger partial charge in [0.25, 0.3) is 5.91 Å². The molecule has 0 aromatic heterocycles. The number of carbonyl (C=O) groups is 7. The average Bonchev–Trinajstić information content (AvgIpc) is 3.14. The van der Waals surface area contributed by atoms with Crippen LogP contribution in [-0.4, -0.2) is 101 Å². The topological polar surface area (TPSA) is 210 Å². The van der Waals surface area contributed by atoms with E-state index in [2.05, 4.69) is 52.5 Å². The largest absolute Gasteiger partial charge is 0.480 e. The van der Waals surface area contributed by atoms with Gasteiger partial charge in [0.1, 0.15) is 23.3 Å². The van der Waals surface area contributed by atoms with E-state index in [0.717, 1.165) is 30.4 Å². The van der Waals surface area contributed by atoms with Gasteiger partial charge in [-0.05, 0) is 115 Å². The van der Waals surface area contributed by atoms with Gasteiger partial charge in [-0.3, -0.25) is 19.2 Å². The maximum atomic E-state index is 14.0. The highest BCUT2D eigenvalue weighted by molar-refractivity contribution is 6.00. The zero-order chi connectivity index (χ0) is 44.6. The molecule has 2 aromatic rings. The van der Waals surface area contributed by atoms with E-state index in [9.17, 15) is 38.7 Å². The Kier molecular flexibility index (Phi) is 18.6. The first-order chi connectivity index (χ1) is 28.2. The first-order valence-corrected chi connectivity index (χ1v) is 21.0. The zero-order valence-electron chi connectivity index (χ0n) is 36.5. The number of hydrogen-bond acceptors (Lipinski definition) is 9. The molecule has 3 rings (SSSR count). The van der Waals surface area contributed by atoms with E-state index in [1.165, 1.54) is 17.4 Å². The van der Waals surface area contributed by atoms with Gasteiger partial charge in [0.15, 0.2) is 5.78 Å². The Balaban J connectivity index is 1.61. The van der Waals surface area contributed by atoms with Crippen LogP contribution in [0.3, 0.4) is 0 Å². The number of nitrogens with zero attached hydrogens (tertiary/aromatic N) is 1. The second-order valence-corrected chi connectivity index (χ2v) is 17.4. The third-order valence-electron chi connectivity index (χ3n) is 9.79. The third-order valence-corrected chi connectivity index (χ3v) is 9.79. The molecule has 0 spiro atoms. The molecule has 1 heterocycles. The fourth-order valence-electron chi connectivity index (χ4n) is 6.46. The first kappa shape index (κ1) is 48.9. The van der Waals surface area contributed by atoms with E-state index in [1.807, 2.05) is 12.1 Å². The Morgan fingerprint density at radius 2 is 1.32 bits per heavy atom. The molecule has 1 fully saturated rings. The molecule has 1 aliphatic rings. The monoisotopic (exact) mass is 835 g/mol. The van der Waals surface area contributed by atoms with Crippen molar-refractivity contribution in [3.8, 4) is 11.1 Å². The van der Waals surface area contributed by atoms with Crippen LogP contribution in [0.1, 0.15) is 123 Å². The number of carbonyl (C=O) groups excluding carboxylic acids is 6. The lowest BCUT2D eigenvalue weighted by molar-refractivity contribution is -0.149. The Bertz CT molecular complexity index is 1780.